The van der Waals surface area contributed by atoms with E-state index in [9.17, 15) is 4.79 Å². The number of rotatable bonds is 3. The Morgan fingerprint density at radius 2 is 2.08 bits per heavy atom. The van der Waals surface area contributed by atoms with Gasteiger partial charge in [0.05, 0.1) is 6.04 Å². The molecule has 3 nitrogen and oxygen atoms in total. The van der Waals surface area contributed by atoms with Gasteiger partial charge in [-0.1, -0.05) is 5.92 Å². The van der Waals surface area contributed by atoms with E-state index in [2.05, 4.69) is 11.2 Å². The quantitative estimate of drug-likeness (QED) is 0.628. The van der Waals surface area contributed by atoms with Crippen molar-refractivity contribution in [2.24, 2.45) is 0 Å². The fraction of sp³-hybridized carbons (Fsp3) is 0.667. The highest BCUT2D eigenvalue weighted by Crippen LogP contribution is 1.89. The van der Waals surface area contributed by atoms with Crippen molar-refractivity contribution < 1.29 is 4.79 Å². The third-order valence-corrected chi connectivity index (χ3v) is 1.64. The molecule has 3 heteroatoms. The summed E-state index contributed by atoms with van der Waals surface area (Å²) in [6, 6.07) is -0.288. The standard InChI is InChI=1S/C9H16N2O/c1-5-8(4)10-9(12)11(6-2)7-3/h1,8H,6-7H2,2-4H3,(H,10,12). The molecule has 0 spiro atoms. The van der Waals surface area contributed by atoms with Gasteiger partial charge in [0, 0.05) is 13.1 Å². The van der Waals surface area contributed by atoms with Crippen molar-refractivity contribution >= 4 is 6.03 Å². The van der Waals surface area contributed by atoms with E-state index in [0.29, 0.717) is 13.1 Å². The van der Waals surface area contributed by atoms with Gasteiger partial charge in [-0.3, -0.25) is 0 Å². The van der Waals surface area contributed by atoms with Crippen LogP contribution in [0.25, 0.3) is 0 Å². The zero-order valence-corrected chi connectivity index (χ0v) is 7.92. The Hall–Kier alpha value is -1.17. The fourth-order valence-electron chi connectivity index (χ4n) is 0.829. The molecule has 0 rings (SSSR count). The maximum absolute atomic E-state index is 11.3. The topological polar surface area (TPSA) is 32.3 Å². The van der Waals surface area contributed by atoms with Crippen molar-refractivity contribution in [1.29, 1.82) is 0 Å². The fourth-order valence-corrected chi connectivity index (χ4v) is 0.829. The van der Waals surface area contributed by atoms with Gasteiger partial charge in [-0.25, -0.2) is 4.79 Å². The summed E-state index contributed by atoms with van der Waals surface area (Å²) in [5.41, 5.74) is 0. The monoisotopic (exact) mass is 168 g/mol. The Balaban J connectivity index is 3.94. The minimum atomic E-state index is -0.196. The smallest absolute Gasteiger partial charge is 0.318 e. The van der Waals surface area contributed by atoms with Crippen LogP contribution in [0.3, 0.4) is 0 Å². The minimum absolute atomic E-state index is 0.0922. The second kappa shape index (κ2) is 5.48. The van der Waals surface area contributed by atoms with Crippen LogP contribution in [-0.2, 0) is 0 Å². The van der Waals surface area contributed by atoms with Crippen LogP contribution >= 0.6 is 0 Å². The molecule has 0 radical (unpaired) electrons. The van der Waals surface area contributed by atoms with Crippen molar-refractivity contribution in [3.63, 3.8) is 0 Å². The molecule has 1 N–H and O–H groups in total. The second-order valence-electron chi connectivity index (χ2n) is 2.51. The van der Waals surface area contributed by atoms with E-state index in [1.165, 1.54) is 0 Å². The molecular weight excluding hydrogens is 152 g/mol. The van der Waals surface area contributed by atoms with Gasteiger partial charge in [0.1, 0.15) is 0 Å². The normalized spacial score (nSPS) is 11.5. The minimum Gasteiger partial charge on any atom is -0.325 e. The Labute approximate surface area is 74.1 Å². The van der Waals surface area contributed by atoms with Crippen molar-refractivity contribution in [2.45, 2.75) is 26.8 Å². The molecule has 0 saturated heterocycles. The van der Waals surface area contributed by atoms with Crippen molar-refractivity contribution in [1.82, 2.24) is 10.2 Å². The lowest BCUT2D eigenvalue weighted by Crippen LogP contribution is -2.43. The summed E-state index contributed by atoms with van der Waals surface area (Å²) < 4.78 is 0. The first-order valence-corrected chi connectivity index (χ1v) is 4.17. The Morgan fingerprint density at radius 1 is 1.58 bits per heavy atom. The van der Waals surface area contributed by atoms with E-state index in [4.69, 9.17) is 6.42 Å². The van der Waals surface area contributed by atoms with Gasteiger partial charge in [0.15, 0.2) is 0 Å². The lowest BCUT2D eigenvalue weighted by molar-refractivity contribution is 0.202. The van der Waals surface area contributed by atoms with Crippen LogP contribution in [0.5, 0.6) is 0 Å². The van der Waals surface area contributed by atoms with E-state index >= 15 is 0 Å². The number of terminal acetylenes is 1. The molecule has 0 aromatic heterocycles. The van der Waals surface area contributed by atoms with Crippen LogP contribution < -0.4 is 5.32 Å². The second-order valence-corrected chi connectivity index (χ2v) is 2.51. The Morgan fingerprint density at radius 3 is 2.42 bits per heavy atom. The number of hydrogen-bond acceptors (Lipinski definition) is 1. The highest BCUT2D eigenvalue weighted by Gasteiger charge is 2.09. The first kappa shape index (κ1) is 10.8. The number of nitrogens with zero attached hydrogens (tertiary/aromatic N) is 1. The Kier molecular flexibility index (Phi) is 4.94. The van der Waals surface area contributed by atoms with Crippen LogP contribution in [0.4, 0.5) is 4.79 Å². The Bertz CT molecular complexity index is 179. The molecule has 68 valence electrons. The largest absolute Gasteiger partial charge is 0.325 e. The molecule has 0 aromatic rings. The van der Waals surface area contributed by atoms with Gasteiger partial charge in [-0.2, -0.15) is 0 Å². The number of carbonyl (C=O) groups excluding carboxylic acids is 1. The zero-order valence-electron chi connectivity index (χ0n) is 7.92. The molecule has 12 heavy (non-hydrogen) atoms. The van der Waals surface area contributed by atoms with Gasteiger partial charge in [-0.15, -0.1) is 6.42 Å². The summed E-state index contributed by atoms with van der Waals surface area (Å²) in [6.45, 7) is 7.06. The van der Waals surface area contributed by atoms with Crippen LogP contribution in [-0.4, -0.2) is 30.1 Å². The lowest BCUT2D eigenvalue weighted by Gasteiger charge is -2.20. The first-order valence-electron chi connectivity index (χ1n) is 4.17. The molecule has 0 saturated carbocycles. The summed E-state index contributed by atoms with van der Waals surface area (Å²) >= 11 is 0. The summed E-state index contributed by atoms with van der Waals surface area (Å²) in [5.74, 6) is 2.44. The molecule has 0 fully saturated rings. The summed E-state index contributed by atoms with van der Waals surface area (Å²) in [4.78, 5) is 13.0. The lowest BCUT2D eigenvalue weighted by atomic mass is 10.4. The van der Waals surface area contributed by atoms with Crippen molar-refractivity contribution in [2.75, 3.05) is 13.1 Å². The number of nitrogens with one attached hydrogen (secondary N) is 1. The van der Waals surface area contributed by atoms with Crippen LogP contribution in [0.1, 0.15) is 20.8 Å². The molecule has 0 aliphatic carbocycles. The number of amides is 2. The number of carbonyl (C=O) groups is 1. The van der Waals surface area contributed by atoms with E-state index in [1.54, 1.807) is 11.8 Å². The van der Waals surface area contributed by atoms with Crippen molar-refractivity contribution in [3.8, 4) is 12.3 Å². The zero-order chi connectivity index (χ0) is 9.56. The van der Waals surface area contributed by atoms with E-state index in [0.717, 1.165) is 0 Å². The highest BCUT2D eigenvalue weighted by atomic mass is 16.2. The van der Waals surface area contributed by atoms with E-state index in [1.807, 2.05) is 13.8 Å². The van der Waals surface area contributed by atoms with Gasteiger partial charge in [-0.05, 0) is 20.8 Å². The molecular formula is C9H16N2O. The van der Waals surface area contributed by atoms with Gasteiger partial charge in [0.25, 0.3) is 0 Å². The summed E-state index contributed by atoms with van der Waals surface area (Å²) in [5, 5.41) is 2.68. The number of hydrogen-bond donors (Lipinski definition) is 1. The molecule has 0 aliphatic rings. The summed E-state index contributed by atoms with van der Waals surface area (Å²) in [6.07, 6.45) is 5.12. The van der Waals surface area contributed by atoms with Crippen LogP contribution in [0, 0.1) is 12.3 Å². The molecule has 0 aromatic carbocycles. The molecule has 0 aliphatic heterocycles. The van der Waals surface area contributed by atoms with Gasteiger partial charge in [0.2, 0.25) is 0 Å². The average molecular weight is 168 g/mol. The highest BCUT2D eigenvalue weighted by molar-refractivity contribution is 5.74. The summed E-state index contributed by atoms with van der Waals surface area (Å²) in [7, 11) is 0. The predicted molar refractivity (Wildman–Crippen MR) is 49.7 cm³/mol. The molecule has 1 atom stereocenters. The van der Waals surface area contributed by atoms with E-state index < -0.39 is 0 Å². The first-order chi connectivity index (χ1) is 5.65. The van der Waals surface area contributed by atoms with Gasteiger partial charge < -0.3 is 10.2 Å². The van der Waals surface area contributed by atoms with E-state index in [-0.39, 0.29) is 12.1 Å². The third-order valence-electron chi connectivity index (χ3n) is 1.64. The molecule has 2 amide bonds. The molecule has 0 heterocycles. The van der Waals surface area contributed by atoms with Crippen LogP contribution in [0.15, 0.2) is 0 Å². The average Bonchev–Trinajstić information content (AvgIpc) is 2.06. The SMILES string of the molecule is C#CC(C)NC(=O)N(CC)CC. The van der Waals surface area contributed by atoms with Crippen molar-refractivity contribution in [3.05, 3.63) is 0 Å². The number of urea groups is 1. The van der Waals surface area contributed by atoms with Crippen LogP contribution in [0.2, 0.25) is 0 Å². The maximum Gasteiger partial charge on any atom is 0.318 e. The predicted octanol–water partition coefficient (Wildman–Crippen LogP) is 1.06. The molecule has 1 unspecified atom stereocenters. The van der Waals surface area contributed by atoms with Gasteiger partial charge >= 0.3 is 6.03 Å². The molecule has 0 bridgehead atoms. The maximum atomic E-state index is 11.3. The third kappa shape index (κ3) is 3.29.